The second kappa shape index (κ2) is 4.00. The predicted molar refractivity (Wildman–Crippen MR) is 39.5 cm³/mol. The fourth-order valence-corrected chi connectivity index (χ4v) is 1.09. The summed E-state index contributed by atoms with van der Waals surface area (Å²) in [5, 5.41) is 0. The maximum atomic E-state index is 5.62. The van der Waals surface area contributed by atoms with E-state index >= 15 is 0 Å². The van der Waals surface area contributed by atoms with Gasteiger partial charge in [0.25, 0.3) is 0 Å². The Bertz CT molecular complexity index is 246. The van der Waals surface area contributed by atoms with Crippen molar-refractivity contribution in [3.8, 4) is 0 Å². The summed E-state index contributed by atoms with van der Waals surface area (Å²) < 4.78 is 0. The summed E-state index contributed by atoms with van der Waals surface area (Å²) in [6.07, 6.45) is 4.19. The summed E-state index contributed by atoms with van der Waals surface area (Å²) in [7, 11) is 0. The molecule has 0 radical (unpaired) electrons. The Morgan fingerprint density at radius 1 is 1.55 bits per heavy atom. The van der Waals surface area contributed by atoms with Crippen LogP contribution in [-0.2, 0) is 0 Å². The molecule has 1 aliphatic rings. The van der Waals surface area contributed by atoms with Crippen LogP contribution in [0.15, 0.2) is 12.3 Å². The predicted octanol–water partition coefficient (Wildman–Crippen LogP) is -1.65. The van der Waals surface area contributed by atoms with Crippen LogP contribution in [0.5, 0.6) is 0 Å². The quantitative estimate of drug-likeness (QED) is 0.407. The van der Waals surface area contributed by atoms with Gasteiger partial charge in [-0.3, -0.25) is 0 Å². The fourth-order valence-electron chi connectivity index (χ4n) is 1.09. The van der Waals surface area contributed by atoms with E-state index in [1.54, 1.807) is 6.20 Å². The summed E-state index contributed by atoms with van der Waals surface area (Å²) >= 11 is 0. The number of pyridine rings is 1. The first-order valence-corrected chi connectivity index (χ1v) is 3.50. The summed E-state index contributed by atoms with van der Waals surface area (Å²) in [6, 6.07) is 4.93. The molecule has 11 heavy (non-hydrogen) atoms. The third kappa shape index (κ3) is 2.26. The van der Waals surface area contributed by atoms with Gasteiger partial charge in [-0.2, -0.15) is 12.1 Å². The van der Waals surface area contributed by atoms with Gasteiger partial charge >= 0.3 is 51.4 Å². The van der Waals surface area contributed by atoms with Crippen molar-refractivity contribution in [2.75, 3.05) is 5.73 Å². The van der Waals surface area contributed by atoms with Gasteiger partial charge < -0.3 is 10.7 Å². The van der Waals surface area contributed by atoms with Crippen molar-refractivity contribution in [2.45, 2.75) is 18.8 Å². The molecule has 0 aliphatic heterocycles. The number of hydrogen-bond acceptors (Lipinski definition) is 2. The number of aromatic nitrogens is 1. The largest absolute Gasteiger partial charge is 1.00 e. The molecule has 0 unspecified atom stereocenters. The summed E-state index contributed by atoms with van der Waals surface area (Å²) in [5.41, 5.74) is 6.73. The smallest absolute Gasteiger partial charge is 0.435 e. The van der Waals surface area contributed by atoms with Crippen molar-refractivity contribution in [3.63, 3.8) is 0 Å². The van der Waals surface area contributed by atoms with Gasteiger partial charge in [0.2, 0.25) is 0 Å². The van der Waals surface area contributed by atoms with Gasteiger partial charge in [0.05, 0.1) is 0 Å². The van der Waals surface area contributed by atoms with Crippen LogP contribution in [-0.4, -0.2) is 4.98 Å². The fraction of sp³-hybridized carbons (Fsp3) is 0.375. The molecular weight excluding hydrogens is 163 g/mol. The zero-order chi connectivity index (χ0) is 6.97. The summed E-state index contributed by atoms with van der Waals surface area (Å²) in [6.45, 7) is 0. The van der Waals surface area contributed by atoms with E-state index in [0.717, 1.165) is 5.56 Å². The van der Waals surface area contributed by atoms with Crippen molar-refractivity contribution in [2.24, 2.45) is 0 Å². The van der Waals surface area contributed by atoms with Gasteiger partial charge in [-0.1, -0.05) is 6.20 Å². The third-order valence-electron chi connectivity index (χ3n) is 1.79. The Morgan fingerprint density at radius 2 is 2.27 bits per heavy atom. The van der Waals surface area contributed by atoms with E-state index < -0.39 is 0 Å². The van der Waals surface area contributed by atoms with Gasteiger partial charge in [-0.05, 0) is 18.8 Å². The molecule has 52 valence electrons. The Hall–Kier alpha value is 0.586. The average molecular weight is 172 g/mol. The number of nitrogens with zero attached hydrogens (tertiary/aromatic N) is 1. The minimum absolute atomic E-state index is 0. The minimum atomic E-state index is 0. The molecule has 1 aromatic heterocycles. The van der Waals surface area contributed by atoms with Gasteiger partial charge in [0.15, 0.2) is 0 Å². The molecule has 0 atom stereocenters. The summed E-state index contributed by atoms with van der Waals surface area (Å²) in [5.74, 6) is 1.32. The average Bonchev–Trinajstić information content (AvgIpc) is 2.71. The third-order valence-corrected chi connectivity index (χ3v) is 1.79. The van der Waals surface area contributed by atoms with Crippen molar-refractivity contribution in [1.82, 2.24) is 4.98 Å². The van der Waals surface area contributed by atoms with Gasteiger partial charge in [-0.25, -0.2) is 0 Å². The van der Waals surface area contributed by atoms with Gasteiger partial charge in [-0.15, -0.1) is 5.56 Å². The Morgan fingerprint density at radius 3 is 2.82 bits per heavy atom. The van der Waals surface area contributed by atoms with E-state index in [1.807, 2.05) is 6.07 Å². The van der Waals surface area contributed by atoms with Crippen LogP contribution in [0.3, 0.4) is 0 Å². The first-order chi connectivity index (χ1) is 4.88. The Kier molecular flexibility index (Phi) is 3.52. The van der Waals surface area contributed by atoms with E-state index in [0.29, 0.717) is 11.7 Å². The first kappa shape index (κ1) is 9.67. The molecule has 0 aromatic carbocycles. The molecule has 2 N–H and O–H groups in total. The molecule has 1 saturated carbocycles. The second-order valence-electron chi connectivity index (χ2n) is 2.66. The molecular formula is C8H9KN2. The van der Waals surface area contributed by atoms with E-state index in [9.17, 15) is 0 Å². The number of hydrogen-bond donors (Lipinski definition) is 1. The maximum absolute atomic E-state index is 5.62. The molecule has 0 bridgehead atoms. The van der Waals surface area contributed by atoms with E-state index in [-0.39, 0.29) is 51.4 Å². The number of nitrogens with two attached hydrogens (primary N) is 1. The molecule has 2 nitrogen and oxygen atoms in total. The second-order valence-corrected chi connectivity index (χ2v) is 2.66. The number of nitrogen functional groups attached to an aromatic ring is 1. The standard InChI is InChI=1S/C8H9N2.K/c9-8-7(6-3-4-6)2-1-5-10-8;/h1,5-6H,3-4H2,(H2,9,10);/q-1;+1. The zero-order valence-corrected chi connectivity index (χ0v) is 9.79. The minimum Gasteiger partial charge on any atom is -0.435 e. The zero-order valence-electron chi connectivity index (χ0n) is 6.67. The topological polar surface area (TPSA) is 38.9 Å². The molecule has 2 rings (SSSR count). The molecule has 1 aromatic rings. The van der Waals surface area contributed by atoms with Crippen molar-refractivity contribution >= 4 is 5.82 Å². The maximum Gasteiger partial charge on any atom is 1.00 e. The van der Waals surface area contributed by atoms with Crippen molar-refractivity contribution < 1.29 is 51.4 Å². The van der Waals surface area contributed by atoms with Crippen LogP contribution in [0.2, 0.25) is 0 Å². The molecule has 1 fully saturated rings. The molecule has 3 heteroatoms. The van der Waals surface area contributed by atoms with Crippen LogP contribution in [0.25, 0.3) is 0 Å². The van der Waals surface area contributed by atoms with E-state index in [4.69, 9.17) is 5.73 Å². The van der Waals surface area contributed by atoms with Crippen molar-refractivity contribution in [3.05, 3.63) is 23.9 Å². The van der Waals surface area contributed by atoms with Crippen LogP contribution in [0.4, 0.5) is 5.82 Å². The van der Waals surface area contributed by atoms with Crippen LogP contribution >= 0.6 is 0 Å². The first-order valence-electron chi connectivity index (χ1n) is 3.50. The number of anilines is 1. The van der Waals surface area contributed by atoms with Gasteiger partial charge in [0.1, 0.15) is 0 Å². The molecule has 1 heterocycles. The molecule has 0 saturated heterocycles. The molecule has 0 amide bonds. The van der Waals surface area contributed by atoms with E-state index in [2.05, 4.69) is 11.1 Å². The van der Waals surface area contributed by atoms with Crippen LogP contribution in [0.1, 0.15) is 24.3 Å². The number of rotatable bonds is 1. The van der Waals surface area contributed by atoms with E-state index in [1.165, 1.54) is 12.8 Å². The Balaban J connectivity index is 0.000000605. The summed E-state index contributed by atoms with van der Waals surface area (Å²) in [4.78, 5) is 3.99. The van der Waals surface area contributed by atoms with Gasteiger partial charge in [0, 0.05) is 5.82 Å². The van der Waals surface area contributed by atoms with Crippen LogP contribution in [0, 0.1) is 6.07 Å². The SMILES string of the molecule is Nc1ncc[c-]c1C1CC1.[K+]. The monoisotopic (exact) mass is 172 g/mol. The Labute approximate surface area is 109 Å². The normalized spacial score (nSPS) is 15.6. The van der Waals surface area contributed by atoms with Crippen molar-refractivity contribution in [1.29, 1.82) is 0 Å². The van der Waals surface area contributed by atoms with Crippen LogP contribution < -0.4 is 57.1 Å². The molecule has 1 aliphatic carbocycles. The molecule has 0 spiro atoms.